The number of nitro benzene ring substituents is 2. The fourth-order valence-corrected chi connectivity index (χ4v) is 7.65. The Morgan fingerprint density at radius 1 is 0.492 bits per heavy atom. The van der Waals surface area contributed by atoms with Crippen molar-refractivity contribution in [3.05, 3.63) is 133 Å². The van der Waals surface area contributed by atoms with Gasteiger partial charge in [-0.25, -0.2) is 9.59 Å². The highest BCUT2D eigenvalue weighted by molar-refractivity contribution is 5.51. The third-order valence-corrected chi connectivity index (χ3v) is 11.4. The summed E-state index contributed by atoms with van der Waals surface area (Å²) in [7, 11) is 0. The molecule has 0 saturated heterocycles. The summed E-state index contributed by atoms with van der Waals surface area (Å²) in [4.78, 5) is 74.1. The van der Waals surface area contributed by atoms with Gasteiger partial charge in [0.05, 0.1) is 23.1 Å². The predicted molar refractivity (Wildman–Crippen MR) is 244 cm³/mol. The molecule has 2 N–H and O–H groups in total. The van der Waals surface area contributed by atoms with E-state index in [4.69, 9.17) is 9.47 Å². The zero-order chi connectivity index (χ0) is 45.4. The number of aryl methyl sites for hydroxylation is 4. The lowest BCUT2D eigenvalue weighted by Crippen LogP contribution is -2.30. The topological polar surface area (TPSA) is 214 Å². The molecule has 2 heterocycles. The van der Waals surface area contributed by atoms with Gasteiger partial charge in [0.1, 0.15) is 11.5 Å². The van der Waals surface area contributed by atoms with Crippen LogP contribution in [0.3, 0.4) is 0 Å². The lowest BCUT2D eigenvalue weighted by molar-refractivity contribution is -0.385. The van der Waals surface area contributed by atoms with E-state index >= 15 is 0 Å². The molecule has 0 saturated carbocycles. The van der Waals surface area contributed by atoms with Crippen molar-refractivity contribution >= 4 is 11.4 Å². The molecule has 344 valence electrons. The number of nitro groups is 2. The van der Waals surface area contributed by atoms with Gasteiger partial charge in [0.2, 0.25) is 0 Å². The minimum absolute atomic E-state index is 0.0831. The second-order valence-corrected chi connectivity index (χ2v) is 16.6. The molecule has 63 heavy (non-hydrogen) atoms. The number of nitrogens with one attached hydrogen (secondary N) is 2. The van der Waals surface area contributed by atoms with Crippen LogP contribution in [0.15, 0.2) is 68.0 Å². The highest BCUT2D eigenvalue weighted by Gasteiger charge is 2.18. The third kappa shape index (κ3) is 17.8. The molecule has 0 fully saturated rings. The molecule has 0 atom stereocenters. The molecule has 2 aromatic heterocycles. The summed E-state index contributed by atoms with van der Waals surface area (Å²) in [5, 5.41) is 23.4. The molecule has 16 nitrogen and oxygen atoms in total. The van der Waals surface area contributed by atoms with Crippen LogP contribution in [-0.4, -0.2) is 42.2 Å². The highest BCUT2D eigenvalue weighted by Crippen LogP contribution is 2.32. The smallest absolute Gasteiger partial charge is 0.328 e. The van der Waals surface area contributed by atoms with Gasteiger partial charge in [0, 0.05) is 78.4 Å². The number of hydrogen-bond acceptors (Lipinski definition) is 10. The summed E-state index contributed by atoms with van der Waals surface area (Å²) < 4.78 is 15.4. The zero-order valence-electron chi connectivity index (χ0n) is 37.2. The van der Waals surface area contributed by atoms with Crippen molar-refractivity contribution in [2.75, 3.05) is 13.2 Å². The normalized spacial score (nSPS) is 11.2. The van der Waals surface area contributed by atoms with Gasteiger partial charge in [-0.15, -0.1) is 0 Å². The fourth-order valence-electron chi connectivity index (χ4n) is 7.65. The summed E-state index contributed by atoms with van der Waals surface area (Å²) >= 11 is 0. The van der Waals surface area contributed by atoms with Crippen LogP contribution in [0.1, 0.15) is 151 Å². The quantitative estimate of drug-likeness (QED) is 0.0269. The van der Waals surface area contributed by atoms with E-state index in [1.807, 2.05) is 0 Å². The maximum atomic E-state index is 11.9. The van der Waals surface area contributed by atoms with Crippen molar-refractivity contribution < 1.29 is 19.3 Å². The largest absolute Gasteiger partial charge is 0.493 e. The number of unbranched alkanes of at least 4 members (excludes halogenated alkanes) is 18. The second kappa shape index (κ2) is 27.3. The van der Waals surface area contributed by atoms with Crippen LogP contribution >= 0.6 is 0 Å². The van der Waals surface area contributed by atoms with Gasteiger partial charge in [-0.1, -0.05) is 103 Å². The van der Waals surface area contributed by atoms with E-state index in [0.29, 0.717) is 60.1 Å². The van der Waals surface area contributed by atoms with Gasteiger partial charge >= 0.3 is 11.4 Å². The molecule has 2 aromatic carbocycles. The number of H-pyrrole nitrogens is 2. The van der Waals surface area contributed by atoms with Crippen molar-refractivity contribution in [2.24, 2.45) is 0 Å². The number of benzene rings is 2. The van der Waals surface area contributed by atoms with E-state index < -0.39 is 9.85 Å². The maximum absolute atomic E-state index is 11.9. The van der Waals surface area contributed by atoms with Crippen molar-refractivity contribution in [3.8, 4) is 11.5 Å². The van der Waals surface area contributed by atoms with Crippen LogP contribution in [0.2, 0.25) is 0 Å². The maximum Gasteiger partial charge on any atom is 0.328 e. The van der Waals surface area contributed by atoms with Gasteiger partial charge in [-0.05, 0) is 51.7 Å². The molecule has 0 amide bonds. The van der Waals surface area contributed by atoms with E-state index in [1.54, 1.807) is 47.5 Å². The van der Waals surface area contributed by atoms with Gasteiger partial charge in [0.25, 0.3) is 22.5 Å². The number of ether oxygens (including phenoxy) is 2. The van der Waals surface area contributed by atoms with Gasteiger partial charge in [-0.2, -0.15) is 0 Å². The molecule has 0 spiro atoms. The Balaban J connectivity index is 1.12. The Morgan fingerprint density at radius 3 is 1.14 bits per heavy atom. The zero-order valence-corrected chi connectivity index (χ0v) is 37.2. The Kier molecular flexibility index (Phi) is 21.6. The predicted octanol–water partition coefficient (Wildman–Crippen LogP) is 9.37. The van der Waals surface area contributed by atoms with Crippen LogP contribution in [0.5, 0.6) is 11.5 Å². The highest BCUT2D eigenvalue weighted by atomic mass is 16.6. The average Bonchev–Trinajstić information content (AvgIpc) is 3.25. The standard InChI is InChI=1S/C47H66N6O10/c1-36-34-50(46(56)48-44(36)54)27-19-15-11-7-3-5-9-13-17-21-29-62-42-25-23-40(52(58)59)32-38(42)31-39-33-41(53(60)61)24-26-43(39)63-30-22-18-14-10-6-4-8-12-16-20-28-51-35-37(2)45(55)49-47(51)57/h23-26,32-35H,3-22,27-31H2,1-2H3,(H,48,54,56)(H,49,55,57). The summed E-state index contributed by atoms with van der Waals surface area (Å²) in [6, 6.07) is 8.98. The van der Waals surface area contributed by atoms with Crippen LogP contribution in [-0.2, 0) is 19.5 Å². The number of rotatable bonds is 32. The SMILES string of the molecule is Cc1cn(CCCCCCCCCCCCOc2ccc([N+](=O)[O-])cc2Cc2cc([N+](=O)[O-])ccc2OCCCCCCCCCCCCn2cc(C)c(=O)[nH]c2=O)c(=O)[nH]c1=O. The molecular formula is C47H66N6O10. The van der Waals surface area contributed by atoms with Crippen LogP contribution in [0.25, 0.3) is 0 Å². The first kappa shape index (κ1) is 49.9. The second-order valence-electron chi connectivity index (χ2n) is 16.6. The summed E-state index contributed by atoms with van der Waals surface area (Å²) in [6.45, 7) is 5.49. The minimum atomic E-state index is -0.458. The molecule has 0 bridgehead atoms. The first-order valence-corrected chi connectivity index (χ1v) is 22.8. The number of hydrogen-bond donors (Lipinski definition) is 2. The lowest BCUT2D eigenvalue weighted by atomic mass is 10.0. The monoisotopic (exact) mass is 874 g/mol. The van der Waals surface area contributed by atoms with Crippen LogP contribution in [0, 0.1) is 34.1 Å². The van der Waals surface area contributed by atoms with E-state index in [2.05, 4.69) is 9.97 Å². The molecular weight excluding hydrogens is 809 g/mol. The number of non-ortho nitro benzene ring substituents is 2. The van der Waals surface area contributed by atoms with Gasteiger partial charge in [0.15, 0.2) is 0 Å². The first-order valence-electron chi connectivity index (χ1n) is 22.8. The number of aromatic nitrogens is 4. The molecule has 4 aromatic rings. The Hall–Kier alpha value is -5.80. The number of nitrogens with zero attached hydrogens (tertiary/aromatic N) is 4. The van der Waals surface area contributed by atoms with Gasteiger partial charge < -0.3 is 18.6 Å². The molecule has 0 aliphatic heterocycles. The van der Waals surface area contributed by atoms with E-state index in [-0.39, 0.29) is 40.3 Å². The Morgan fingerprint density at radius 2 is 0.810 bits per heavy atom. The number of aromatic amines is 2. The summed E-state index contributed by atoms with van der Waals surface area (Å²) in [5.41, 5.74) is 0.654. The van der Waals surface area contributed by atoms with Crippen molar-refractivity contribution in [1.29, 1.82) is 0 Å². The molecule has 0 aliphatic carbocycles. The van der Waals surface area contributed by atoms with Crippen molar-refractivity contribution in [2.45, 2.75) is 162 Å². The molecule has 0 radical (unpaired) electrons. The Labute approximate surface area is 368 Å². The third-order valence-electron chi connectivity index (χ3n) is 11.4. The first-order chi connectivity index (χ1) is 30.4. The van der Waals surface area contributed by atoms with Crippen molar-refractivity contribution in [3.63, 3.8) is 0 Å². The van der Waals surface area contributed by atoms with E-state index in [0.717, 1.165) is 128 Å². The molecule has 0 unspecified atom stereocenters. The van der Waals surface area contributed by atoms with Crippen molar-refractivity contribution in [1.82, 2.24) is 19.1 Å². The van der Waals surface area contributed by atoms with Crippen LogP contribution in [0.4, 0.5) is 11.4 Å². The van der Waals surface area contributed by atoms with Crippen LogP contribution < -0.4 is 32.0 Å². The Bertz CT molecular complexity index is 2140. The minimum Gasteiger partial charge on any atom is -0.493 e. The van der Waals surface area contributed by atoms with Gasteiger partial charge in [-0.3, -0.25) is 39.8 Å². The van der Waals surface area contributed by atoms with E-state index in [1.165, 1.54) is 24.3 Å². The summed E-state index contributed by atoms with van der Waals surface area (Å²) in [5.74, 6) is 1.02. The molecule has 16 heteroatoms. The summed E-state index contributed by atoms with van der Waals surface area (Å²) in [6.07, 6.45) is 24.4. The molecule has 0 aliphatic rings. The van der Waals surface area contributed by atoms with E-state index in [9.17, 15) is 39.4 Å². The fraction of sp³-hybridized carbons (Fsp3) is 0.574. The molecule has 4 rings (SSSR count). The average molecular weight is 875 g/mol. The lowest BCUT2D eigenvalue weighted by Gasteiger charge is -2.15.